The molecule has 0 aliphatic heterocycles. The Hall–Kier alpha value is -1.50. The summed E-state index contributed by atoms with van der Waals surface area (Å²) in [6.45, 7) is 5.78. The van der Waals surface area contributed by atoms with Gasteiger partial charge in [0.25, 0.3) is 0 Å². The van der Waals surface area contributed by atoms with Crippen LogP contribution in [0.1, 0.15) is 11.1 Å². The van der Waals surface area contributed by atoms with E-state index in [2.05, 4.69) is 38.5 Å². The van der Waals surface area contributed by atoms with Crippen LogP contribution in [0.3, 0.4) is 0 Å². The van der Waals surface area contributed by atoms with Gasteiger partial charge < -0.3 is 4.74 Å². The van der Waals surface area contributed by atoms with Crippen LogP contribution in [-0.4, -0.2) is 18.4 Å². The topological polar surface area (TPSA) is 22.1 Å². The van der Waals surface area contributed by atoms with Gasteiger partial charge in [-0.2, -0.15) is 0 Å². The Morgan fingerprint density at radius 1 is 1.37 bits per heavy atom. The molecule has 100 valence electrons. The third-order valence-electron chi connectivity index (χ3n) is 2.66. The third kappa shape index (κ3) is 4.59. The molecule has 0 spiro atoms. The minimum absolute atomic E-state index is 0.736. The number of pyridine rings is 1. The first-order chi connectivity index (χ1) is 9.24. The first-order valence-electron chi connectivity index (χ1n) is 6.07. The van der Waals surface area contributed by atoms with E-state index in [4.69, 9.17) is 0 Å². The van der Waals surface area contributed by atoms with Gasteiger partial charge in [0, 0.05) is 18.7 Å². The lowest BCUT2D eigenvalue weighted by atomic mass is 10.0. The van der Waals surface area contributed by atoms with E-state index >= 15 is 0 Å². The van der Waals surface area contributed by atoms with Gasteiger partial charge in [-0.3, -0.25) is 4.98 Å². The largest absolute Gasteiger partial charge is 0.381 e. The molecule has 3 heteroatoms. The maximum absolute atomic E-state index is 4.50. The molecular formula is C16H20NOP. The minimum Gasteiger partial charge on any atom is -0.381 e. The molecule has 0 radical (unpaired) electrons. The first kappa shape index (κ1) is 15.6. The Bertz CT molecular complexity index is 562. The standard InChI is InChI=1S/C14H13N.C2H7OP/c1-3-4-7-12-10-15-14-9-6-5-8-13(14)11(12)2;1-3-2-4/h3-10H,1H2,2H3;2,4H2,1H3/b7-4-;. The third-order valence-corrected chi connectivity index (χ3v) is 3.00. The van der Waals surface area contributed by atoms with Gasteiger partial charge >= 0.3 is 0 Å². The highest BCUT2D eigenvalue weighted by Gasteiger charge is 2.00. The Morgan fingerprint density at radius 3 is 2.68 bits per heavy atom. The van der Waals surface area contributed by atoms with Gasteiger partial charge in [-0.1, -0.05) is 43.0 Å². The molecule has 2 nitrogen and oxygen atoms in total. The second-order valence-electron chi connectivity index (χ2n) is 3.91. The van der Waals surface area contributed by atoms with Crippen LogP contribution in [0, 0.1) is 6.92 Å². The molecule has 2 aromatic rings. The van der Waals surface area contributed by atoms with Crippen LogP contribution in [0.5, 0.6) is 0 Å². The lowest BCUT2D eigenvalue weighted by molar-refractivity contribution is 0.258. The van der Waals surface area contributed by atoms with Crippen molar-refractivity contribution in [1.82, 2.24) is 4.98 Å². The summed E-state index contributed by atoms with van der Waals surface area (Å²) in [6.07, 6.45) is 8.37. The lowest BCUT2D eigenvalue weighted by Gasteiger charge is -2.04. The SMILES string of the molecule is C=C/C=C\c1cnc2ccccc2c1C.COCP. The number of rotatable bonds is 3. The summed E-state index contributed by atoms with van der Waals surface area (Å²) in [6, 6.07) is 8.18. The van der Waals surface area contributed by atoms with E-state index in [1.807, 2.05) is 36.5 Å². The average molecular weight is 273 g/mol. The summed E-state index contributed by atoms with van der Waals surface area (Å²) in [5, 5.41) is 1.21. The van der Waals surface area contributed by atoms with Crippen molar-refractivity contribution < 1.29 is 4.74 Å². The van der Waals surface area contributed by atoms with E-state index in [9.17, 15) is 0 Å². The second kappa shape index (κ2) is 8.58. The van der Waals surface area contributed by atoms with E-state index in [-0.39, 0.29) is 0 Å². The molecule has 0 N–H and O–H groups in total. The van der Waals surface area contributed by atoms with E-state index in [0.717, 1.165) is 17.4 Å². The lowest BCUT2D eigenvalue weighted by Crippen LogP contribution is -1.86. The van der Waals surface area contributed by atoms with E-state index in [1.165, 1.54) is 10.9 Å². The molecule has 0 saturated heterocycles. The molecule has 1 heterocycles. The summed E-state index contributed by atoms with van der Waals surface area (Å²) < 4.78 is 4.50. The van der Waals surface area contributed by atoms with Crippen molar-refractivity contribution in [2.24, 2.45) is 0 Å². The predicted octanol–water partition coefficient (Wildman–Crippen LogP) is 4.21. The number of nitrogens with zero attached hydrogens (tertiary/aromatic N) is 1. The van der Waals surface area contributed by atoms with E-state index in [1.54, 1.807) is 13.2 Å². The maximum atomic E-state index is 4.50. The Kier molecular flexibility index (Phi) is 7.02. The van der Waals surface area contributed by atoms with Gasteiger partial charge in [0.2, 0.25) is 0 Å². The monoisotopic (exact) mass is 273 g/mol. The zero-order valence-corrected chi connectivity index (χ0v) is 12.6. The molecule has 2 rings (SSSR count). The molecule has 1 aromatic carbocycles. The zero-order chi connectivity index (χ0) is 14.1. The second-order valence-corrected chi connectivity index (χ2v) is 4.24. The minimum atomic E-state index is 0.736. The Labute approximate surface area is 117 Å². The van der Waals surface area contributed by atoms with Crippen molar-refractivity contribution in [3.8, 4) is 0 Å². The highest BCUT2D eigenvalue weighted by Crippen LogP contribution is 2.20. The van der Waals surface area contributed by atoms with Crippen LogP contribution in [0.25, 0.3) is 17.0 Å². The quantitative estimate of drug-likeness (QED) is 0.617. The van der Waals surface area contributed by atoms with Gasteiger partial charge in [0.15, 0.2) is 0 Å². The van der Waals surface area contributed by atoms with Crippen molar-refractivity contribution >= 4 is 26.2 Å². The summed E-state index contributed by atoms with van der Waals surface area (Å²) in [5.74, 6) is 0. The smallest absolute Gasteiger partial charge is 0.0705 e. The summed E-state index contributed by atoms with van der Waals surface area (Å²) in [5.41, 5.74) is 3.46. The molecule has 0 aliphatic carbocycles. The summed E-state index contributed by atoms with van der Waals surface area (Å²) >= 11 is 0. The number of hydrogen-bond donors (Lipinski definition) is 0. The summed E-state index contributed by atoms with van der Waals surface area (Å²) in [7, 11) is 4.09. The molecule has 0 aliphatic rings. The summed E-state index contributed by atoms with van der Waals surface area (Å²) in [4.78, 5) is 4.41. The van der Waals surface area contributed by atoms with Gasteiger partial charge in [0.1, 0.15) is 0 Å². The van der Waals surface area contributed by atoms with Crippen LogP contribution in [0.15, 0.2) is 49.2 Å². The maximum Gasteiger partial charge on any atom is 0.0705 e. The number of benzene rings is 1. The number of hydrogen-bond acceptors (Lipinski definition) is 2. The number of aromatic nitrogens is 1. The van der Waals surface area contributed by atoms with Crippen molar-refractivity contribution in [3.05, 3.63) is 60.3 Å². The predicted molar refractivity (Wildman–Crippen MR) is 87.3 cm³/mol. The number of para-hydroxylation sites is 1. The molecular weight excluding hydrogens is 253 g/mol. The number of aryl methyl sites for hydroxylation is 1. The van der Waals surface area contributed by atoms with Crippen molar-refractivity contribution in [2.45, 2.75) is 6.92 Å². The van der Waals surface area contributed by atoms with Crippen molar-refractivity contribution in [3.63, 3.8) is 0 Å². The number of methoxy groups -OCH3 is 1. The highest BCUT2D eigenvalue weighted by atomic mass is 31.0. The van der Waals surface area contributed by atoms with Crippen LogP contribution in [0.4, 0.5) is 0 Å². The van der Waals surface area contributed by atoms with Crippen LogP contribution in [0.2, 0.25) is 0 Å². The van der Waals surface area contributed by atoms with Crippen LogP contribution < -0.4 is 0 Å². The number of fused-ring (bicyclic) bond motifs is 1. The fourth-order valence-corrected chi connectivity index (χ4v) is 1.63. The van der Waals surface area contributed by atoms with Gasteiger partial charge in [-0.15, -0.1) is 9.24 Å². The zero-order valence-electron chi connectivity index (χ0n) is 11.5. The van der Waals surface area contributed by atoms with E-state index < -0.39 is 0 Å². The molecule has 1 unspecified atom stereocenters. The molecule has 1 aromatic heterocycles. The van der Waals surface area contributed by atoms with Crippen molar-refractivity contribution in [2.75, 3.05) is 13.5 Å². The van der Waals surface area contributed by atoms with E-state index in [0.29, 0.717) is 0 Å². The molecule has 0 saturated carbocycles. The van der Waals surface area contributed by atoms with Crippen molar-refractivity contribution in [1.29, 1.82) is 0 Å². The first-order valence-corrected chi connectivity index (χ1v) is 6.88. The Morgan fingerprint density at radius 2 is 2.05 bits per heavy atom. The molecule has 19 heavy (non-hydrogen) atoms. The van der Waals surface area contributed by atoms with Gasteiger partial charge in [-0.05, 0) is 24.1 Å². The molecule has 0 fully saturated rings. The van der Waals surface area contributed by atoms with Gasteiger partial charge in [-0.25, -0.2) is 0 Å². The molecule has 1 atom stereocenters. The number of ether oxygens (including phenoxy) is 1. The fraction of sp³-hybridized carbons (Fsp3) is 0.188. The normalized spacial score (nSPS) is 10.3. The highest BCUT2D eigenvalue weighted by molar-refractivity contribution is 7.16. The average Bonchev–Trinajstić information content (AvgIpc) is 2.47. The molecule has 0 amide bonds. The van der Waals surface area contributed by atoms with Crippen LogP contribution >= 0.6 is 9.24 Å². The molecule has 0 bridgehead atoms. The Balaban J connectivity index is 0.000000399. The fourth-order valence-electron chi connectivity index (χ4n) is 1.63. The number of allylic oxidation sites excluding steroid dienone is 2. The van der Waals surface area contributed by atoms with Crippen LogP contribution in [-0.2, 0) is 4.74 Å². The van der Waals surface area contributed by atoms with Gasteiger partial charge in [0.05, 0.1) is 11.9 Å².